The molecule has 0 heterocycles. The van der Waals surface area contributed by atoms with E-state index in [9.17, 15) is 0 Å². The second-order valence-electron chi connectivity index (χ2n) is 4.87. The van der Waals surface area contributed by atoms with Gasteiger partial charge in [0.2, 0.25) is 0 Å². The number of nitrogens with one attached hydrogen (secondary N) is 2. The minimum absolute atomic E-state index is 0.396. The molecule has 3 rings (SSSR count). The zero-order valence-electron chi connectivity index (χ0n) is 11.3. The van der Waals surface area contributed by atoms with Gasteiger partial charge < -0.3 is 10.6 Å². The highest BCUT2D eigenvalue weighted by atomic mass is 14.9. The van der Waals surface area contributed by atoms with Gasteiger partial charge in [-0.05, 0) is 42.8 Å². The van der Waals surface area contributed by atoms with Crippen molar-refractivity contribution in [2.24, 2.45) is 0 Å². The first-order valence-electron chi connectivity index (χ1n) is 6.92. The lowest BCUT2D eigenvalue weighted by Gasteiger charge is -2.17. The number of benzene rings is 2. The molecule has 0 fully saturated rings. The van der Waals surface area contributed by atoms with Crippen LogP contribution in [0.2, 0.25) is 0 Å². The van der Waals surface area contributed by atoms with Crippen LogP contribution >= 0.6 is 0 Å². The van der Waals surface area contributed by atoms with Gasteiger partial charge in [0.15, 0.2) is 0 Å². The lowest BCUT2D eigenvalue weighted by atomic mass is 10.1. The molecule has 2 nitrogen and oxygen atoms in total. The van der Waals surface area contributed by atoms with Crippen LogP contribution in [0.25, 0.3) is 0 Å². The predicted molar refractivity (Wildman–Crippen MR) is 86.5 cm³/mol. The van der Waals surface area contributed by atoms with E-state index in [-0.39, 0.29) is 0 Å². The number of anilines is 3. The van der Waals surface area contributed by atoms with E-state index in [1.165, 1.54) is 0 Å². The summed E-state index contributed by atoms with van der Waals surface area (Å²) in [5, 5.41) is 6.89. The highest BCUT2D eigenvalue weighted by Crippen LogP contribution is 2.20. The summed E-state index contributed by atoms with van der Waals surface area (Å²) in [6.45, 7) is 0. The Balaban J connectivity index is 1.62. The summed E-state index contributed by atoms with van der Waals surface area (Å²) in [6, 6.07) is 19.0. The van der Waals surface area contributed by atoms with Crippen LogP contribution < -0.4 is 10.6 Å². The summed E-state index contributed by atoms with van der Waals surface area (Å²) >= 11 is 0. The van der Waals surface area contributed by atoms with Crippen molar-refractivity contribution in [1.82, 2.24) is 0 Å². The molecule has 1 unspecified atom stereocenters. The molecule has 2 aromatic carbocycles. The molecule has 0 aromatic heterocycles. The molecule has 0 spiro atoms. The maximum Gasteiger partial charge on any atom is 0.0482 e. The van der Waals surface area contributed by atoms with Crippen molar-refractivity contribution >= 4 is 17.1 Å². The molecule has 100 valence electrons. The van der Waals surface area contributed by atoms with E-state index < -0.39 is 0 Å². The van der Waals surface area contributed by atoms with E-state index in [0.29, 0.717) is 6.04 Å². The molecule has 0 saturated heterocycles. The zero-order valence-corrected chi connectivity index (χ0v) is 11.3. The van der Waals surface area contributed by atoms with Gasteiger partial charge in [0, 0.05) is 23.1 Å². The predicted octanol–water partition coefficient (Wildman–Crippen LogP) is 4.73. The van der Waals surface area contributed by atoms with Crippen molar-refractivity contribution in [3.63, 3.8) is 0 Å². The average Bonchev–Trinajstić information content (AvgIpc) is 2.51. The average molecular weight is 262 g/mol. The Kier molecular flexibility index (Phi) is 3.83. The first kappa shape index (κ1) is 12.5. The van der Waals surface area contributed by atoms with E-state index in [0.717, 1.165) is 23.5 Å². The summed E-state index contributed by atoms with van der Waals surface area (Å²) in [5.74, 6) is 0. The van der Waals surface area contributed by atoms with Crippen molar-refractivity contribution in [1.29, 1.82) is 0 Å². The number of rotatable bonds is 4. The fourth-order valence-corrected chi connectivity index (χ4v) is 2.24. The molecule has 0 amide bonds. The van der Waals surface area contributed by atoms with E-state index >= 15 is 0 Å². The van der Waals surface area contributed by atoms with Crippen LogP contribution in [0.4, 0.5) is 17.1 Å². The maximum atomic E-state index is 3.51. The maximum absolute atomic E-state index is 3.51. The zero-order chi connectivity index (χ0) is 13.6. The van der Waals surface area contributed by atoms with Crippen LogP contribution in [-0.2, 0) is 0 Å². The normalized spacial score (nSPS) is 16.9. The third-order valence-corrected chi connectivity index (χ3v) is 3.28. The Morgan fingerprint density at radius 3 is 2.15 bits per heavy atom. The lowest BCUT2D eigenvalue weighted by Crippen LogP contribution is -2.16. The largest absolute Gasteiger partial charge is 0.379 e. The van der Waals surface area contributed by atoms with E-state index in [4.69, 9.17) is 0 Å². The molecule has 0 aliphatic heterocycles. The smallest absolute Gasteiger partial charge is 0.0482 e. The third-order valence-electron chi connectivity index (χ3n) is 3.28. The van der Waals surface area contributed by atoms with Gasteiger partial charge in [-0.2, -0.15) is 0 Å². The molecule has 1 aliphatic rings. The molecule has 1 aliphatic carbocycles. The van der Waals surface area contributed by atoms with Crippen LogP contribution in [0.15, 0.2) is 78.9 Å². The molecule has 0 saturated carbocycles. The summed E-state index contributed by atoms with van der Waals surface area (Å²) in [4.78, 5) is 0. The van der Waals surface area contributed by atoms with Gasteiger partial charge in [-0.1, -0.05) is 42.5 Å². The molecule has 1 atom stereocenters. The molecule has 2 N–H and O–H groups in total. The topological polar surface area (TPSA) is 24.1 Å². The van der Waals surface area contributed by atoms with Gasteiger partial charge in [0.1, 0.15) is 0 Å². The van der Waals surface area contributed by atoms with E-state index in [1.54, 1.807) is 0 Å². The second kappa shape index (κ2) is 6.11. The Morgan fingerprint density at radius 1 is 0.750 bits per heavy atom. The number of hydrogen-bond acceptors (Lipinski definition) is 2. The van der Waals surface area contributed by atoms with Gasteiger partial charge >= 0.3 is 0 Å². The van der Waals surface area contributed by atoms with Crippen LogP contribution in [0.3, 0.4) is 0 Å². The first-order chi connectivity index (χ1) is 9.90. The van der Waals surface area contributed by atoms with Crippen molar-refractivity contribution in [2.75, 3.05) is 10.6 Å². The third kappa shape index (κ3) is 3.29. The fraction of sp³-hybridized carbons (Fsp3) is 0.111. The van der Waals surface area contributed by atoms with Gasteiger partial charge in [0.25, 0.3) is 0 Å². The van der Waals surface area contributed by atoms with Gasteiger partial charge in [-0.25, -0.2) is 0 Å². The number of para-hydroxylation sites is 1. The molecule has 0 radical (unpaired) electrons. The summed E-state index contributed by atoms with van der Waals surface area (Å²) in [7, 11) is 0. The Morgan fingerprint density at radius 2 is 1.45 bits per heavy atom. The van der Waals surface area contributed by atoms with Crippen molar-refractivity contribution in [2.45, 2.75) is 12.5 Å². The fourth-order valence-electron chi connectivity index (χ4n) is 2.24. The number of allylic oxidation sites excluding steroid dienone is 2. The van der Waals surface area contributed by atoms with Crippen LogP contribution in [0, 0.1) is 0 Å². The minimum atomic E-state index is 0.396. The SMILES string of the molecule is C1=CCC(Nc2ccc(Nc3ccccc3)cc2)C=C1. The number of hydrogen-bond donors (Lipinski definition) is 2. The van der Waals surface area contributed by atoms with E-state index in [2.05, 4.69) is 71.3 Å². The second-order valence-corrected chi connectivity index (χ2v) is 4.87. The van der Waals surface area contributed by atoms with Crippen molar-refractivity contribution in [3.8, 4) is 0 Å². The van der Waals surface area contributed by atoms with Crippen LogP contribution in [0.1, 0.15) is 6.42 Å². The minimum Gasteiger partial charge on any atom is -0.379 e. The first-order valence-corrected chi connectivity index (χ1v) is 6.92. The molecular weight excluding hydrogens is 244 g/mol. The summed E-state index contributed by atoms with van der Waals surface area (Å²) in [5.41, 5.74) is 3.35. The van der Waals surface area contributed by atoms with Crippen LogP contribution in [0.5, 0.6) is 0 Å². The van der Waals surface area contributed by atoms with E-state index in [1.807, 2.05) is 18.2 Å². The molecule has 2 heteroatoms. The lowest BCUT2D eigenvalue weighted by molar-refractivity contribution is 0.883. The Labute approximate surface area is 119 Å². The standard InChI is InChI=1S/C18H18N2/c1-3-7-15(8-4-1)19-17-11-13-18(14-12-17)20-16-9-5-2-6-10-16/h1-9,11-14,16,19-20H,10H2. The van der Waals surface area contributed by atoms with Gasteiger partial charge in [-0.15, -0.1) is 0 Å². The Bertz CT molecular complexity index is 597. The van der Waals surface area contributed by atoms with Crippen LogP contribution in [-0.4, -0.2) is 6.04 Å². The molecule has 20 heavy (non-hydrogen) atoms. The van der Waals surface area contributed by atoms with Gasteiger partial charge in [0.05, 0.1) is 0 Å². The quantitative estimate of drug-likeness (QED) is 0.832. The highest BCUT2D eigenvalue weighted by Gasteiger charge is 2.04. The molecule has 2 aromatic rings. The molecule has 0 bridgehead atoms. The van der Waals surface area contributed by atoms with Crippen molar-refractivity contribution in [3.05, 3.63) is 78.9 Å². The summed E-state index contributed by atoms with van der Waals surface area (Å²) < 4.78 is 0. The molecular formula is C18H18N2. The monoisotopic (exact) mass is 262 g/mol. The van der Waals surface area contributed by atoms with Gasteiger partial charge in [-0.3, -0.25) is 0 Å². The summed E-state index contributed by atoms with van der Waals surface area (Å²) in [6.07, 6.45) is 9.59. The highest BCUT2D eigenvalue weighted by molar-refractivity contribution is 5.62. The van der Waals surface area contributed by atoms with Crippen molar-refractivity contribution < 1.29 is 0 Å². The Hall–Kier alpha value is -2.48.